The van der Waals surface area contributed by atoms with Crippen molar-refractivity contribution < 1.29 is 9.90 Å². The van der Waals surface area contributed by atoms with E-state index < -0.39 is 22.8 Å². The topological polar surface area (TPSA) is 133 Å². The van der Waals surface area contributed by atoms with Crippen LogP contribution in [0.3, 0.4) is 0 Å². The van der Waals surface area contributed by atoms with Gasteiger partial charge in [-0.15, -0.1) is 0 Å². The monoisotopic (exact) mass is 384 g/mol. The van der Waals surface area contributed by atoms with Crippen LogP contribution in [0.1, 0.15) is 10.5 Å². The van der Waals surface area contributed by atoms with Gasteiger partial charge in [0.25, 0.3) is 17.0 Å². The third kappa shape index (κ3) is 3.08. The van der Waals surface area contributed by atoms with Crippen LogP contribution < -0.4 is 16.4 Å². The third-order valence-corrected chi connectivity index (χ3v) is 3.64. The van der Waals surface area contributed by atoms with Gasteiger partial charge in [0.1, 0.15) is 16.5 Å². The van der Waals surface area contributed by atoms with Gasteiger partial charge in [0.05, 0.1) is 0 Å². The highest BCUT2D eigenvalue weighted by Crippen LogP contribution is 2.27. The molecule has 0 saturated carbocycles. The van der Waals surface area contributed by atoms with Gasteiger partial charge in [-0.1, -0.05) is 0 Å². The number of halogens is 1. The summed E-state index contributed by atoms with van der Waals surface area (Å²) in [6, 6.07) is 0. The molecule has 1 amide bonds. The Morgan fingerprint density at radius 2 is 2.04 bits per heavy atom. The zero-order valence-electron chi connectivity index (χ0n) is 12.4. The van der Waals surface area contributed by atoms with Crippen molar-refractivity contribution in [2.45, 2.75) is 0 Å². The zero-order chi connectivity index (χ0) is 17.3. The maximum absolute atomic E-state index is 12.1. The van der Waals surface area contributed by atoms with Gasteiger partial charge < -0.3 is 15.3 Å². The Balaban J connectivity index is 2.55. The highest BCUT2D eigenvalue weighted by molar-refractivity contribution is 9.10. The summed E-state index contributed by atoms with van der Waals surface area (Å²) in [6.07, 6.45) is 1.06. The molecule has 3 N–H and O–H groups in total. The minimum absolute atomic E-state index is 0.0564. The standard InChI is InChI=1S/C12H13BrN6O4/c1-18(2)11(22)7-8(20)9(15-4-14-7)16-6-5(13)10(21)17-19(3)12(6)23/h4,20H,1-3H3,(H,17,21)(H,14,15,16). The molecule has 2 rings (SSSR count). The molecule has 2 heterocycles. The number of aromatic hydroxyl groups is 1. The number of H-pyrrole nitrogens is 1. The molecular formula is C12H13BrN6O4. The third-order valence-electron chi connectivity index (χ3n) is 2.88. The Labute approximate surface area is 137 Å². The molecule has 0 spiro atoms. The van der Waals surface area contributed by atoms with Crippen molar-refractivity contribution in [1.82, 2.24) is 24.6 Å². The van der Waals surface area contributed by atoms with Crippen molar-refractivity contribution in [3.05, 3.63) is 37.2 Å². The molecule has 0 radical (unpaired) electrons. The molecule has 0 aliphatic carbocycles. The summed E-state index contributed by atoms with van der Waals surface area (Å²) in [6.45, 7) is 0. The molecule has 122 valence electrons. The van der Waals surface area contributed by atoms with Gasteiger partial charge in [-0.05, 0) is 15.9 Å². The van der Waals surface area contributed by atoms with E-state index in [1.165, 1.54) is 26.0 Å². The fourth-order valence-corrected chi connectivity index (χ4v) is 2.05. The van der Waals surface area contributed by atoms with Crippen LogP contribution in [0.2, 0.25) is 0 Å². The Morgan fingerprint density at radius 3 is 2.65 bits per heavy atom. The van der Waals surface area contributed by atoms with E-state index in [1.54, 1.807) is 0 Å². The number of nitrogens with one attached hydrogen (secondary N) is 2. The number of rotatable bonds is 3. The van der Waals surface area contributed by atoms with Crippen LogP contribution in [-0.2, 0) is 7.05 Å². The molecule has 0 aromatic carbocycles. The minimum atomic E-state index is -0.560. The van der Waals surface area contributed by atoms with E-state index in [4.69, 9.17) is 0 Å². The Bertz CT molecular complexity index is 888. The maximum atomic E-state index is 12.1. The number of hydrogen-bond donors (Lipinski definition) is 3. The number of aryl methyl sites for hydroxylation is 1. The van der Waals surface area contributed by atoms with Gasteiger partial charge in [0.2, 0.25) is 0 Å². The Morgan fingerprint density at radius 1 is 1.39 bits per heavy atom. The maximum Gasteiger partial charge on any atom is 0.289 e. The summed E-state index contributed by atoms with van der Waals surface area (Å²) in [4.78, 5) is 44.5. The van der Waals surface area contributed by atoms with Gasteiger partial charge in [-0.3, -0.25) is 24.2 Å². The second kappa shape index (κ2) is 6.20. The molecule has 0 fully saturated rings. The zero-order valence-corrected chi connectivity index (χ0v) is 14.0. The molecular weight excluding hydrogens is 372 g/mol. The van der Waals surface area contributed by atoms with Crippen molar-refractivity contribution in [3.63, 3.8) is 0 Å². The molecule has 0 atom stereocenters. The lowest BCUT2D eigenvalue weighted by molar-refractivity contribution is 0.0818. The largest absolute Gasteiger partial charge is 0.503 e. The van der Waals surface area contributed by atoms with E-state index in [2.05, 4.69) is 36.3 Å². The lowest BCUT2D eigenvalue weighted by Gasteiger charge is -2.13. The lowest BCUT2D eigenvalue weighted by atomic mass is 10.3. The molecule has 23 heavy (non-hydrogen) atoms. The van der Waals surface area contributed by atoms with Gasteiger partial charge in [-0.25, -0.2) is 9.97 Å². The van der Waals surface area contributed by atoms with E-state index in [0.717, 1.165) is 11.0 Å². The fourth-order valence-electron chi connectivity index (χ4n) is 1.69. The van der Waals surface area contributed by atoms with Crippen molar-refractivity contribution in [1.29, 1.82) is 0 Å². The number of carbonyl (C=O) groups is 1. The highest BCUT2D eigenvalue weighted by atomic mass is 79.9. The highest BCUT2D eigenvalue weighted by Gasteiger charge is 2.21. The van der Waals surface area contributed by atoms with Gasteiger partial charge in [0.15, 0.2) is 17.3 Å². The summed E-state index contributed by atoms with van der Waals surface area (Å²) in [7, 11) is 4.36. The molecule has 0 saturated heterocycles. The van der Waals surface area contributed by atoms with Crippen LogP contribution in [0.5, 0.6) is 5.75 Å². The first-order valence-corrected chi connectivity index (χ1v) is 7.04. The molecule has 2 aromatic rings. The predicted molar refractivity (Wildman–Crippen MR) is 85.0 cm³/mol. The average Bonchev–Trinajstić information content (AvgIpc) is 2.50. The molecule has 10 nitrogen and oxygen atoms in total. The molecule has 0 aliphatic rings. The molecule has 11 heteroatoms. The summed E-state index contributed by atoms with van der Waals surface area (Å²) in [5, 5.41) is 15.0. The summed E-state index contributed by atoms with van der Waals surface area (Å²) in [5.41, 5.74) is -1.47. The summed E-state index contributed by atoms with van der Waals surface area (Å²) >= 11 is 3.00. The molecule has 0 aliphatic heterocycles. The number of aromatic nitrogens is 4. The number of amides is 1. The van der Waals surface area contributed by atoms with Crippen LogP contribution in [0.15, 0.2) is 20.4 Å². The first kappa shape index (κ1) is 16.7. The second-order valence-electron chi connectivity index (χ2n) is 4.74. The normalized spacial score (nSPS) is 10.4. The molecule has 0 bridgehead atoms. The number of aromatic amines is 1. The number of carbonyl (C=O) groups excluding carboxylic acids is 1. The average molecular weight is 385 g/mol. The van der Waals surface area contributed by atoms with Crippen LogP contribution in [0, 0.1) is 0 Å². The minimum Gasteiger partial charge on any atom is -0.503 e. The lowest BCUT2D eigenvalue weighted by Crippen LogP contribution is -2.30. The summed E-state index contributed by atoms with van der Waals surface area (Å²) < 4.78 is 0.915. The van der Waals surface area contributed by atoms with Crippen LogP contribution in [0.4, 0.5) is 11.5 Å². The van der Waals surface area contributed by atoms with Gasteiger partial charge in [0, 0.05) is 21.1 Å². The van der Waals surface area contributed by atoms with Gasteiger partial charge >= 0.3 is 0 Å². The van der Waals surface area contributed by atoms with Crippen LogP contribution >= 0.6 is 15.9 Å². The Kier molecular flexibility index (Phi) is 4.50. The van der Waals surface area contributed by atoms with E-state index in [9.17, 15) is 19.5 Å². The van der Waals surface area contributed by atoms with Crippen LogP contribution in [-0.4, -0.2) is 49.8 Å². The van der Waals surface area contributed by atoms with Gasteiger partial charge in [-0.2, -0.15) is 0 Å². The van der Waals surface area contributed by atoms with E-state index in [1.807, 2.05) is 0 Å². The second-order valence-corrected chi connectivity index (χ2v) is 5.53. The van der Waals surface area contributed by atoms with E-state index >= 15 is 0 Å². The number of anilines is 2. The van der Waals surface area contributed by atoms with Crippen molar-refractivity contribution in [3.8, 4) is 5.75 Å². The SMILES string of the molecule is CN(C)C(=O)c1ncnc(Nc2c(Br)c(=O)[nH]n(C)c2=O)c1O. The number of nitrogens with zero attached hydrogens (tertiary/aromatic N) is 4. The van der Waals surface area contributed by atoms with E-state index in [0.29, 0.717) is 0 Å². The smallest absolute Gasteiger partial charge is 0.289 e. The first-order chi connectivity index (χ1) is 10.7. The summed E-state index contributed by atoms with van der Waals surface area (Å²) in [5.74, 6) is -1.24. The fraction of sp³-hybridized carbons (Fsp3) is 0.250. The Hall–Kier alpha value is -2.69. The predicted octanol–water partition coefficient (Wildman–Crippen LogP) is -0.223. The van der Waals surface area contributed by atoms with Crippen molar-refractivity contribution in [2.24, 2.45) is 7.05 Å². The molecule has 0 unspecified atom stereocenters. The first-order valence-electron chi connectivity index (χ1n) is 6.25. The van der Waals surface area contributed by atoms with Crippen molar-refractivity contribution in [2.75, 3.05) is 19.4 Å². The number of hydrogen-bond acceptors (Lipinski definition) is 7. The quantitative estimate of drug-likeness (QED) is 0.665. The van der Waals surface area contributed by atoms with Crippen LogP contribution in [0.25, 0.3) is 0 Å². The van der Waals surface area contributed by atoms with E-state index in [-0.39, 0.29) is 21.7 Å². The molecule has 2 aromatic heterocycles. The van der Waals surface area contributed by atoms with Crippen molar-refractivity contribution >= 4 is 33.3 Å².